The van der Waals surface area contributed by atoms with Gasteiger partial charge in [-0.15, -0.1) is 0 Å². The Balaban J connectivity index is -0.000000285. The van der Waals surface area contributed by atoms with E-state index in [4.69, 9.17) is 0 Å². The van der Waals surface area contributed by atoms with Gasteiger partial charge >= 0.3 is 25.8 Å². The Bertz CT molecular complexity index is 1160. The predicted octanol–water partition coefficient (Wildman–Crippen LogP) is -6.20. The molecule has 0 radical (unpaired) electrons. The van der Waals surface area contributed by atoms with Crippen LogP contribution in [0.1, 0.15) is 62.3 Å². The van der Waals surface area contributed by atoms with Gasteiger partial charge in [0.25, 0.3) is 0 Å². The molecule has 0 atom stereocenters. The molecule has 0 amide bonds. The molecule has 0 unspecified atom stereocenters. The Hall–Kier alpha value is -4.68. The van der Waals surface area contributed by atoms with Crippen molar-refractivity contribution in [3.8, 4) is 0 Å². The van der Waals surface area contributed by atoms with E-state index in [0.717, 1.165) is 62.3 Å². The molecule has 0 N–H and O–H groups in total. The van der Waals surface area contributed by atoms with E-state index in [0.29, 0.717) is 0 Å². The summed E-state index contributed by atoms with van der Waals surface area (Å²) < 4.78 is 0. The summed E-state index contributed by atoms with van der Waals surface area (Å²) in [7, 11) is 0. The van der Waals surface area contributed by atoms with E-state index in [2.05, 4.69) is 0 Å². The fraction of sp³-hybridized carbons (Fsp3) is 0.444. The van der Waals surface area contributed by atoms with Gasteiger partial charge in [-0.25, -0.2) is 0 Å². The van der Waals surface area contributed by atoms with Crippen molar-refractivity contribution in [3.05, 3.63) is 0 Å². The van der Waals surface area contributed by atoms with Crippen LogP contribution in [0.25, 0.3) is 0 Å². The number of ketones is 12. The van der Waals surface area contributed by atoms with E-state index in [1.807, 2.05) is 0 Å². The van der Waals surface area contributed by atoms with Gasteiger partial charge < -0.3 is 29.7 Å². The smallest absolute Gasteiger partial charge is 0.542 e. The van der Waals surface area contributed by atoms with Crippen molar-refractivity contribution in [2.75, 3.05) is 0 Å². The number of hydrogen-bond donors (Lipinski definition) is 0. The fourth-order valence-electron chi connectivity index (χ4n) is 4.13. The van der Waals surface area contributed by atoms with Crippen LogP contribution in [0.4, 0.5) is 0 Å². The maximum Gasteiger partial charge on any atom is 3.00 e. The molecule has 19 heteroatoms. The monoisotopic (exact) mass is 754 g/mol. The number of aliphatic carboxylic acids is 3. The van der Waals surface area contributed by atoms with Crippen molar-refractivity contribution >= 4 is 113 Å². The SMILES string of the molecule is CC(=O)C(C(C)=O)(C(C)=O)C(=O)C(=O)[O-].CC(=O)C(C(C)=O)(C(C)=O)C(=O)C(=O)[O-].CC(=O)C(C(C)=O)(C(C)=O)C(=O)C(=O)[O-].[In+3]. The zero-order valence-electron chi connectivity index (χ0n) is 25.9. The number of Topliss-reactive ketones (excluding diaryl/α,β-unsaturated/α-hetero) is 12. The van der Waals surface area contributed by atoms with Crippen LogP contribution < -0.4 is 15.3 Å². The molecule has 0 aliphatic rings. The largest absolute Gasteiger partial charge is 3.00 e. The molecule has 18 nitrogen and oxygen atoms in total. The number of carboxylic acid groups (broad SMARTS) is 3. The zero-order chi connectivity index (χ0) is 37.2. The predicted molar refractivity (Wildman–Crippen MR) is 139 cm³/mol. The van der Waals surface area contributed by atoms with Crippen LogP contribution >= 0.6 is 0 Å². The van der Waals surface area contributed by atoms with E-state index in [-0.39, 0.29) is 25.8 Å². The summed E-state index contributed by atoms with van der Waals surface area (Å²) in [5, 5.41) is 31.0. The maximum absolute atomic E-state index is 11.2. The standard InChI is InChI=1S/3C9H10O6.In/c3*1-4(10)9(5(2)11,6(3)12)7(13)8(14)15;/h3*1-3H3,(H,14,15);/q;;;+3/p-3. The first-order chi connectivity index (χ1) is 20.1. The third-order valence-corrected chi connectivity index (χ3v) is 6.33. The van der Waals surface area contributed by atoms with Crippen LogP contribution in [0.2, 0.25) is 0 Å². The summed E-state index contributed by atoms with van der Waals surface area (Å²) in [4.78, 5) is 165. The van der Waals surface area contributed by atoms with Crippen LogP contribution in [-0.2, 0) is 71.9 Å². The fourth-order valence-corrected chi connectivity index (χ4v) is 4.13. The Morgan fingerprint density at radius 1 is 0.283 bits per heavy atom. The number of carboxylic acids is 3. The normalized spacial score (nSPS) is 10.4. The molecule has 0 rings (SSSR count). The maximum atomic E-state index is 11.2. The summed E-state index contributed by atoms with van der Waals surface area (Å²) in [5.74, 6) is -22.1. The molecular formula is C27H27InO18. The van der Waals surface area contributed by atoms with E-state index in [9.17, 15) is 87.2 Å². The third-order valence-electron chi connectivity index (χ3n) is 6.33. The minimum absolute atomic E-state index is 0. The van der Waals surface area contributed by atoms with Crippen molar-refractivity contribution in [2.45, 2.75) is 62.3 Å². The van der Waals surface area contributed by atoms with Gasteiger partial charge in [-0.1, -0.05) is 0 Å². The molecule has 0 saturated heterocycles. The van der Waals surface area contributed by atoms with Crippen LogP contribution in [-0.4, -0.2) is 113 Å². The molecule has 46 heavy (non-hydrogen) atoms. The summed E-state index contributed by atoms with van der Waals surface area (Å²) >= 11 is 0. The Labute approximate surface area is 278 Å². The van der Waals surface area contributed by atoms with Crippen LogP contribution in [0.3, 0.4) is 0 Å². The summed E-state index contributed by atoms with van der Waals surface area (Å²) in [6, 6.07) is 0. The Kier molecular flexibility index (Phi) is 19.2. The van der Waals surface area contributed by atoms with Gasteiger partial charge in [-0.05, 0) is 62.3 Å². The second-order valence-corrected chi connectivity index (χ2v) is 9.11. The minimum Gasteiger partial charge on any atom is -0.542 e. The first-order valence-electron chi connectivity index (χ1n) is 11.9. The molecule has 0 aliphatic heterocycles. The van der Waals surface area contributed by atoms with Crippen molar-refractivity contribution in [2.24, 2.45) is 16.2 Å². The van der Waals surface area contributed by atoms with Gasteiger partial charge in [-0.2, -0.15) is 0 Å². The second kappa shape index (κ2) is 18.3. The third kappa shape index (κ3) is 9.18. The van der Waals surface area contributed by atoms with Crippen molar-refractivity contribution in [1.82, 2.24) is 0 Å². The molecular weight excluding hydrogens is 727 g/mol. The first kappa shape index (κ1) is 48.2. The molecule has 246 valence electrons. The Morgan fingerprint density at radius 3 is 0.391 bits per heavy atom. The number of rotatable bonds is 15. The van der Waals surface area contributed by atoms with E-state index in [1.54, 1.807) is 0 Å². The van der Waals surface area contributed by atoms with Crippen molar-refractivity contribution < 1.29 is 87.2 Å². The second-order valence-electron chi connectivity index (χ2n) is 9.11. The van der Waals surface area contributed by atoms with Crippen molar-refractivity contribution in [3.63, 3.8) is 0 Å². The summed E-state index contributed by atoms with van der Waals surface area (Å²) in [6.07, 6.45) is 0. The topological polar surface area (TPSA) is 325 Å². The molecule has 0 heterocycles. The van der Waals surface area contributed by atoms with E-state index < -0.39 is 104 Å². The van der Waals surface area contributed by atoms with Crippen LogP contribution in [0, 0.1) is 16.2 Å². The molecule has 0 aromatic rings. The van der Waals surface area contributed by atoms with Gasteiger partial charge in [0.1, 0.15) is 17.9 Å². The first-order valence-corrected chi connectivity index (χ1v) is 11.9. The van der Waals surface area contributed by atoms with Gasteiger partial charge in [-0.3, -0.25) is 57.5 Å². The van der Waals surface area contributed by atoms with Gasteiger partial charge in [0.15, 0.2) is 52.0 Å². The zero-order valence-corrected chi connectivity index (χ0v) is 29.2. The van der Waals surface area contributed by atoms with Gasteiger partial charge in [0.05, 0.1) is 0 Å². The minimum atomic E-state index is -2.74. The molecule has 0 fully saturated rings. The molecule has 0 aliphatic carbocycles. The molecule has 0 spiro atoms. The summed E-state index contributed by atoms with van der Waals surface area (Å²) in [6.45, 7) is 7.28. The molecule has 0 aromatic heterocycles. The average Bonchev–Trinajstić information content (AvgIpc) is 2.83. The van der Waals surface area contributed by atoms with Gasteiger partial charge in [0, 0.05) is 0 Å². The number of carbonyl (C=O) groups is 15. The number of hydrogen-bond acceptors (Lipinski definition) is 18. The molecule has 0 bridgehead atoms. The Morgan fingerprint density at radius 2 is 0.370 bits per heavy atom. The van der Waals surface area contributed by atoms with Crippen LogP contribution in [0.15, 0.2) is 0 Å². The summed E-state index contributed by atoms with van der Waals surface area (Å²) in [5.41, 5.74) is -8.21. The van der Waals surface area contributed by atoms with Gasteiger partial charge in [0.2, 0.25) is 33.6 Å². The number of carbonyl (C=O) groups excluding carboxylic acids is 15. The van der Waals surface area contributed by atoms with Crippen LogP contribution in [0.5, 0.6) is 0 Å². The molecule has 0 aromatic carbocycles. The van der Waals surface area contributed by atoms with E-state index >= 15 is 0 Å². The quantitative estimate of drug-likeness (QED) is 0.111. The average molecular weight is 754 g/mol. The molecule has 0 saturated carbocycles. The van der Waals surface area contributed by atoms with Crippen molar-refractivity contribution in [1.29, 1.82) is 0 Å². The van der Waals surface area contributed by atoms with E-state index in [1.165, 1.54) is 0 Å².